The van der Waals surface area contributed by atoms with E-state index in [4.69, 9.17) is 10.5 Å². The van der Waals surface area contributed by atoms with Gasteiger partial charge >= 0.3 is 12.0 Å². The lowest BCUT2D eigenvalue weighted by Crippen LogP contribution is -2.28. The number of hydrogen-bond donors (Lipinski definition) is 3. The second-order valence-electron chi connectivity index (χ2n) is 5.94. The average molecular weight is 369 g/mol. The highest BCUT2D eigenvalue weighted by Gasteiger charge is 2.09. The summed E-state index contributed by atoms with van der Waals surface area (Å²) in [4.78, 5) is 34.9. The van der Waals surface area contributed by atoms with Gasteiger partial charge in [-0.2, -0.15) is 0 Å². The Morgan fingerprint density at radius 3 is 2.19 bits per heavy atom. The van der Waals surface area contributed by atoms with Crippen molar-refractivity contribution in [1.29, 1.82) is 0 Å². The third kappa shape index (κ3) is 6.47. The van der Waals surface area contributed by atoms with Gasteiger partial charge in [-0.1, -0.05) is 25.5 Å². The molecule has 3 amide bonds. The lowest BCUT2D eigenvalue weighted by Gasteiger charge is -2.08. The number of nitrogens with two attached hydrogens (primary N) is 1. The van der Waals surface area contributed by atoms with E-state index in [1.54, 1.807) is 48.5 Å². The van der Waals surface area contributed by atoms with Gasteiger partial charge in [0.2, 0.25) is 0 Å². The van der Waals surface area contributed by atoms with Crippen LogP contribution in [0.3, 0.4) is 0 Å². The van der Waals surface area contributed by atoms with Gasteiger partial charge in [-0.3, -0.25) is 4.79 Å². The van der Waals surface area contributed by atoms with E-state index in [-0.39, 0.29) is 11.9 Å². The van der Waals surface area contributed by atoms with Crippen LogP contribution in [0.15, 0.2) is 48.5 Å². The number of unbranched alkanes of at least 4 members (excludes halogenated alkanes) is 1. The molecule has 27 heavy (non-hydrogen) atoms. The Labute approximate surface area is 157 Å². The molecule has 7 heteroatoms. The van der Waals surface area contributed by atoms with Gasteiger partial charge in [0.15, 0.2) is 0 Å². The molecule has 0 radical (unpaired) electrons. The van der Waals surface area contributed by atoms with Gasteiger partial charge in [-0.25, -0.2) is 9.59 Å². The first-order valence-corrected chi connectivity index (χ1v) is 8.70. The molecule has 2 aromatic rings. The first-order chi connectivity index (χ1) is 13.0. The van der Waals surface area contributed by atoms with Crippen LogP contribution in [0.2, 0.25) is 0 Å². The number of ether oxygens (including phenoxy) is 1. The summed E-state index contributed by atoms with van der Waals surface area (Å²) >= 11 is 0. The molecule has 0 aliphatic heterocycles. The monoisotopic (exact) mass is 369 g/mol. The minimum Gasteiger partial charge on any atom is -0.462 e. The van der Waals surface area contributed by atoms with Gasteiger partial charge in [0.1, 0.15) is 0 Å². The molecule has 0 saturated carbocycles. The molecule has 0 aliphatic carbocycles. The van der Waals surface area contributed by atoms with E-state index in [0.717, 1.165) is 18.4 Å². The summed E-state index contributed by atoms with van der Waals surface area (Å²) in [5.41, 5.74) is 7.34. The highest BCUT2D eigenvalue weighted by molar-refractivity contribution is 6.04. The van der Waals surface area contributed by atoms with E-state index in [2.05, 4.69) is 10.6 Å². The minimum atomic E-state index is -0.602. The predicted molar refractivity (Wildman–Crippen MR) is 102 cm³/mol. The van der Waals surface area contributed by atoms with Crippen LogP contribution in [0.25, 0.3) is 0 Å². The van der Waals surface area contributed by atoms with E-state index in [1.165, 1.54) is 0 Å². The number of hydrogen-bond acceptors (Lipinski definition) is 4. The molecule has 0 spiro atoms. The molecule has 2 aromatic carbocycles. The summed E-state index contributed by atoms with van der Waals surface area (Å²) < 4.78 is 5.14. The van der Waals surface area contributed by atoms with Gasteiger partial charge in [-0.05, 0) is 48.4 Å². The van der Waals surface area contributed by atoms with Crippen molar-refractivity contribution in [2.75, 3.05) is 11.9 Å². The molecular formula is C20H23N3O4. The van der Waals surface area contributed by atoms with Crippen LogP contribution >= 0.6 is 0 Å². The molecule has 0 fully saturated rings. The van der Waals surface area contributed by atoms with Gasteiger partial charge in [0.05, 0.1) is 12.2 Å². The van der Waals surface area contributed by atoms with Crippen molar-refractivity contribution in [3.05, 3.63) is 65.2 Å². The standard InChI is InChI=1S/C20H23N3O4/c1-2-3-12-27-19(25)16-8-10-17(11-9-16)23-18(24)15-6-4-14(5-7-15)13-22-20(21)26/h4-11H,2-3,12-13H2,1H3,(H,23,24)(H3,21,22,26). The van der Waals surface area contributed by atoms with Crippen molar-refractivity contribution in [3.8, 4) is 0 Å². The molecule has 0 aliphatic rings. The number of urea groups is 1. The molecule has 142 valence electrons. The molecule has 0 aromatic heterocycles. The largest absolute Gasteiger partial charge is 0.462 e. The Balaban J connectivity index is 1.91. The molecule has 0 heterocycles. The van der Waals surface area contributed by atoms with Crippen LogP contribution in [0.4, 0.5) is 10.5 Å². The Bertz CT molecular complexity index is 786. The summed E-state index contributed by atoms with van der Waals surface area (Å²) in [6.07, 6.45) is 1.79. The maximum absolute atomic E-state index is 12.3. The van der Waals surface area contributed by atoms with Crippen LogP contribution in [0.1, 0.15) is 46.0 Å². The summed E-state index contributed by atoms with van der Waals surface area (Å²) in [7, 11) is 0. The van der Waals surface area contributed by atoms with Gasteiger partial charge in [0.25, 0.3) is 5.91 Å². The Morgan fingerprint density at radius 1 is 0.963 bits per heavy atom. The molecule has 0 saturated heterocycles. The number of carbonyl (C=O) groups is 3. The molecule has 0 atom stereocenters. The van der Waals surface area contributed by atoms with Gasteiger partial charge in [-0.15, -0.1) is 0 Å². The predicted octanol–water partition coefficient (Wildman–Crippen LogP) is 3.06. The lowest BCUT2D eigenvalue weighted by atomic mass is 10.1. The highest BCUT2D eigenvalue weighted by atomic mass is 16.5. The second-order valence-corrected chi connectivity index (χ2v) is 5.94. The number of anilines is 1. The average Bonchev–Trinajstić information content (AvgIpc) is 2.67. The summed E-state index contributed by atoms with van der Waals surface area (Å²) in [5.74, 6) is -0.649. The zero-order chi connectivity index (χ0) is 19.6. The van der Waals surface area contributed by atoms with Gasteiger partial charge < -0.3 is 21.1 Å². The quantitative estimate of drug-likeness (QED) is 0.490. The maximum Gasteiger partial charge on any atom is 0.338 e. The first-order valence-electron chi connectivity index (χ1n) is 8.70. The number of esters is 1. The number of benzene rings is 2. The number of amides is 3. The molecule has 0 unspecified atom stereocenters. The van der Waals surface area contributed by atoms with Crippen LogP contribution < -0.4 is 16.4 Å². The minimum absolute atomic E-state index is 0.275. The van der Waals surface area contributed by atoms with Crippen LogP contribution in [-0.2, 0) is 11.3 Å². The molecule has 0 bridgehead atoms. The van der Waals surface area contributed by atoms with Crippen molar-refractivity contribution in [3.63, 3.8) is 0 Å². The van der Waals surface area contributed by atoms with Crippen molar-refractivity contribution >= 4 is 23.6 Å². The number of primary amides is 1. The summed E-state index contributed by atoms with van der Waals surface area (Å²) in [5, 5.41) is 5.25. The number of nitrogens with one attached hydrogen (secondary N) is 2. The van der Waals surface area contributed by atoms with E-state index < -0.39 is 6.03 Å². The Kier molecular flexibility index (Phi) is 7.37. The van der Waals surface area contributed by atoms with Crippen LogP contribution in [0.5, 0.6) is 0 Å². The maximum atomic E-state index is 12.3. The van der Waals surface area contributed by atoms with Crippen molar-refractivity contribution < 1.29 is 19.1 Å². The van der Waals surface area contributed by atoms with E-state index >= 15 is 0 Å². The Morgan fingerprint density at radius 2 is 1.59 bits per heavy atom. The lowest BCUT2D eigenvalue weighted by molar-refractivity contribution is 0.0499. The van der Waals surface area contributed by atoms with Gasteiger partial charge in [0, 0.05) is 17.8 Å². The number of rotatable bonds is 8. The van der Waals surface area contributed by atoms with Crippen molar-refractivity contribution in [2.24, 2.45) is 5.73 Å². The molecule has 7 nitrogen and oxygen atoms in total. The van der Waals surface area contributed by atoms with Crippen molar-refractivity contribution in [1.82, 2.24) is 5.32 Å². The first kappa shape index (κ1) is 20.0. The molecule has 2 rings (SSSR count). The fourth-order valence-electron chi connectivity index (χ4n) is 2.25. The van der Waals surface area contributed by atoms with Crippen LogP contribution in [0, 0.1) is 0 Å². The Hall–Kier alpha value is -3.35. The third-order valence-corrected chi connectivity index (χ3v) is 3.79. The zero-order valence-corrected chi connectivity index (χ0v) is 15.2. The topological polar surface area (TPSA) is 111 Å². The fraction of sp³-hybridized carbons (Fsp3) is 0.250. The second kappa shape index (κ2) is 9.96. The smallest absolute Gasteiger partial charge is 0.338 e. The summed E-state index contributed by atoms with van der Waals surface area (Å²) in [6, 6.07) is 12.7. The molecule has 4 N–H and O–H groups in total. The fourth-order valence-corrected chi connectivity index (χ4v) is 2.25. The van der Waals surface area contributed by atoms with Crippen molar-refractivity contribution in [2.45, 2.75) is 26.3 Å². The third-order valence-electron chi connectivity index (χ3n) is 3.79. The van der Waals surface area contributed by atoms with E-state index in [0.29, 0.717) is 30.0 Å². The van der Waals surface area contributed by atoms with Crippen LogP contribution in [-0.4, -0.2) is 24.5 Å². The zero-order valence-electron chi connectivity index (χ0n) is 15.2. The SMILES string of the molecule is CCCCOC(=O)c1ccc(NC(=O)c2ccc(CNC(N)=O)cc2)cc1. The highest BCUT2D eigenvalue weighted by Crippen LogP contribution is 2.13. The van der Waals surface area contributed by atoms with E-state index in [9.17, 15) is 14.4 Å². The van der Waals surface area contributed by atoms with E-state index in [1.807, 2.05) is 6.92 Å². The number of carbonyl (C=O) groups excluding carboxylic acids is 3. The summed E-state index contributed by atoms with van der Waals surface area (Å²) in [6.45, 7) is 2.72. The molecular weight excluding hydrogens is 346 g/mol. The normalized spacial score (nSPS) is 10.1.